The zero-order valence-corrected chi connectivity index (χ0v) is 12.0. The fourth-order valence-electron chi connectivity index (χ4n) is 1.56. The van der Waals surface area contributed by atoms with Gasteiger partial charge in [0.1, 0.15) is 0 Å². The standard InChI is InChI=1S/C12H16Br2/c1-8(7-13)9(2)11-5-4-6-12(14)10(11)3/h4-6,8-9H,7H2,1-3H3. The summed E-state index contributed by atoms with van der Waals surface area (Å²) in [6, 6.07) is 6.44. The van der Waals surface area contributed by atoms with E-state index in [2.05, 4.69) is 70.8 Å². The summed E-state index contributed by atoms with van der Waals surface area (Å²) in [6.45, 7) is 6.75. The van der Waals surface area contributed by atoms with Crippen molar-refractivity contribution in [2.45, 2.75) is 26.7 Å². The van der Waals surface area contributed by atoms with E-state index in [1.165, 1.54) is 15.6 Å². The monoisotopic (exact) mass is 318 g/mol. The van der Waals surface area contributed by atoms with E-state index in [1.54, 1.807) is 0 Å². The summed E-state index contributed by atoms with van der Waals surface area (Å²) in [5.74, 6) is 1.27. The topological polar surface area (TPSA) is 0 Å². The molecule has 0 bridgehead atoms. The van der Waals surface area contributed by atoms with E-state index in [-0.39, 0.29) is 0 Å². The number of rotatable bonds is 3. The normalized spacial score (nSPS) is 15.2. The van der Waals surface area contributed by atoms with Crippen molar-refractivity contribution in [2.24, 2.45) is 5.92 Å². The molecule has 2 atom stereocenters. The van der Waals surface area contributed by atoms with Crippen LogP contribution in [0, 0.1) is 12.8 Å². The summed E-state index contributed by atoms with van der Waals surface area (Å²) >= 11 is 7.12. The first kappa shape index (κ1) is 12.3. The first-order valence-corrected chi connectivity index (χ1v) is 6.80. The van der Waals surface area contributed by atoms with Gasteiger partial charge in [-0.05, 0) is 36.0 Å². The molecule has 0 spiro atoms. The van der Waals surface area contributed by atoms with Gasteiger partial charge in [-0.3, -0.25) is 0 Å². The molecule has 0 amide bonds. The number of hydrogen-bond donors (Lipinski definition) is 0. The molecule has 0 saturated carbocycles. The van der Waals surface area contributed by atoms with Crippen LogP contribution in [0.3, 0.4) is 0 Å². The molecule has 1 rings (SSSR count). The Balaban J connectivity index is 3.01. The van der Waals surface area contributed by atoms with Crippen LogP contribution >= 0.6 is 31.9 Å². The lowest BCUT2D eigenvalue weighted by atomic mass is 9.88. The molecule has 0 heterocycles. The lowest BCUT2D eigenvalue weighted by molar-refractivity contribution is 0.544. The van der Waals surface area contributed by atoms with E-state index in [9.17, 15) is 0 Å². The molecule has 0 saturated heterocycles. The van der Waals surface area contributed by atoms with Crippen molar-refractivity contribution in [3.05, 3.63) is 33.8 Å². The van der Waals surface area contributed by atoms with Crippen molar-refractivity contribution in [3.63, 3.8) is 0 Å². The lowest BCUT2D eigenvalue weighted by Gasteiger charge is -2.20. The highest BCUT2D eigenvalue weighted by molar-refractivity contribution is 9.10. The molecule has 0 nitrogen and oxygen atoms in total. The van der Waals surface area contributed by atoms with Crippen molar-refractivity contribution in [1.82, 2.24) is 0 Å². The van der Waals surface area contributed by atoms with Crippen LogP contribution in [0.25, 0.3) is 0 Å². The van der Waals surface area contributed by atoms with Crippen LogP contribution in [0.4, 0.5) is 0 Å². The maximum Gasteiger partial charge on any atom is 0.0207 e. The van der Waals surface area contributed by atoms with Crippen molar-refractivity contribution in [2.75, 3.05) is 5.33 Å². The van der Waals surface area contributed by atoms with Crippen molar-refractivity contribution in [1.29, 1.82) is 0 Å². The molecule has 1 aromatic carbocycles. The molecular weight excluding hydrogens is 304 g/mol. The van der Waals surface area contributed by atoms with Gasteiger partial charge in [-0.25, -0.2) is 0 Å². The molecule has 1 aromatic rings. The fraction of sp³-hybridized carbons (Fsp3) is 0.500. The van der Waals surface area contributed by atoms with Crippen LogP contribution in [0.2, 0.25) is 0 Å². The third-order valence-electron chi connectivity index (χ3n) is 2.90. The Labute approximate surface area is 103 Å². The van der Waals surface area contributed by atoms with Gasteiger partial charge < -0.3 is 0 Å². The molecule has 0 N–H and O–H groups in total. The average Bonchev–Trinajstić information content (AvgIpc) is 2.20. The second-order valence-electron chi connectivity index (χ2n) is 3.87. The summed E-state index contributed by atoms with van der Waals surface area (Å²) in [4.78, 5) is 0. The largest absolute Gasteiger partial charge is 0.0925 e. The Morgan fingerprint density at radius 2 is 1.93 bits per heavy atom. The van der Waals surface area contributed by atoms with E-state index in [1.807, 2.05) is 0 Å². The summed E-state index contributed by atoms with van der Waals surface area (Å²) in [5.41, 5.74) is 2.82. The molecule has 14 heavy (non-hydrogen) atoms. The minimum Gasteiger partial charge on any atom is -0.0925 e. The van der Waals surface area contributed by atoms with Crippen LogP contribution in [0.1, 0.15) is 30.9 Å². The van der Waals surface area contributed by atoms with Gasteiger partial charge in [0, 0.05) is 9.80 Å². The maximum absolute atomic E-state index is 3.57. The van der Waals surface area contributed by atoms with Crippen LogP contribution in [-0.2, 0) is 0 Å². The van der Waals surface area contributed by atoms with Gasteiger partial charge in [-0.2, -0.15) is 0 Å². The highest BCUT2D eigenvalue weighted by Gasteiger charge is 2.15. The SMILES string of the molecule is Cc1c(Br)cccc1C(C)C(C)CBr. The first-order valence-electron chi connectivity index (χ1n) is 4.89. The molecule has 0 aliphatic heterocycles. The molecule has 78 valence electrons. The minimum atomic E-state index is 0.604. The van der Waals surface area contributed by atoms with E-state index >= 15 is 0 Å². The van der Waals surface area contributed by atoms with Gasteiger partial charge >= 0.3 is 0 Å². The quantitative estimate of drug-likeness (QED) is 0.696. The predicted molar refractivity (Wildman–Crippen MR) is 70.3 cm³/mol. The second kappa shape index (κ2) is 5.32. The van der Waals surface area contributed by atoms with Gasteiger partial charge in [-0.1, -0.05) is 57.8 Å². The molecular formula is C12H16Br2. The fourth-order valence-corrected chi connectivity index (χ4v) is 2.50. The van der Waals surface area contributed by atoms with Crippen LogP contribution in [-0.4, -0.2) is 5.33 Å². The smallest absolute Gasteiger partial charge is 0.0207 e. The van der Waals surface area contributed by atoms with Crippen LogP contribution in [0.5, 0.6) is 0 Å². The zero-order chi connectivity index (χ0) is 10.7. The summed E-state index contributed by atoms with van der Waals surface area (Å²) < 4.78 is 1.21. The van der Waals surface area contributed by atoms with Gasteiger partial charge in [0.2, 0.25) is 0 Å². The van der Waals surface area contributed by atoms with E-state index in [4.69, 9.17) is 0 Å². The zero-order valence-electron chi connectivity index (χ0n) is 8.85. The van der Waals surface area contributed by atoms with Crippen LogP contribution in [0.15, 0.2) is 22.7 Å². The highest BCUT2D eigenvalue weighted by atomic mass is 79.9. The lowest BCUT2D eigenvalue weighted by Crippen LogP contribution is -2.09. The molecule has 0 aliphatic carbocycles. The number of hydrogen-bond acceptors (Lipinski definition) is 0. The predicted octanol–water partition coefficient (Wildman–Crippen LogP) is 4.89. The van der Waals surface area contributed by atoms with E-state index in [0.717, 1.165) is 5.33 Å². The molecule has 0 radical (unpaired) electrons. The Bertz CT molecular complexity index is 307. The Morgan fingerprint density at radius 1 is 1.29 bits per heavy atom. The van der Waals surface area contributed by atoms with Gasteiger partial charge in [0.25, 0.3) is 0 Å². The summed E-state index contributed by atoms with van der Waals surface area (Å²) in [6.07, 6.45) is 0. The number of alkyl halides is 1. The average molecular weight is 320 g/mol. The van der Waals surface area contributed by atoms with Crippen molar-refractivity contribution >= 4 is 31.9 Å². The number of benzene rings is 1. The number of halogens is 2. The molecule has 2 heteroatoms. The summed E-state index contributed by atoms with van der Waals surface area (Å²) in [7, 11) is 0. The Hall–Kier alpha value is 0.180. The third-order valence-corrected chi connectivity index (χ3v) is 4.78. The van der Waals surface area contributed by atoms with Gasteiger partial charge in [-0.15, -0.1) is 0 Å². The Morgan fingerprint density at radius 3 is 2.50 bits per heavy atom. The highest BCUT2D eigenvalue weighted by Crippen LogP contribution is 2.31. The van der Waals surface area contributed by atoms with Crippen LogP contribution < -0.4 is 0 Å². The molecule has 2 unspecified atom stereocenters. The summed E-state index contributed by atoms with van der Waals surface area (Å²) in [5, 5.41) is 1.06. The molecule has 0 aromatic heterocycles. The Kier molecular flexibility index (Phi) is 4.65. The third kappa shape index (κ3) is 2.60. The molecule has 0 fully saturated rings. The minimum absolute atomic E-state index is 0.604. The second-order valence-corrected chi connectivity index (χ2v) is 5.38. The van der Waals surface area contributed by atoms with Gasteiger partial charge in [0.15, 0.2) is 0 Å². The van der Waals surface area contributed by atoms with E-state index in [0.29, 0.717) is 11.8 Å². The van der Waals surface area contributed by atoms with Gasteiger partial charge in [0.05, 0.1) is 0 Å². The molecule has 0 aliphatic rings. The first-order chi connectivity index (χ1) is 6.57. The van der Waals surface area contributed by atoms with E-state index < -0.39 is 0 Å². The van der Waals surface area contributed by atoms with Crippen molar-refractivity contribution < 1.29 is 0 Å². The maximum atomic E-state index is 3.57. The van der Waals surface area contributed by atoms with Crippen molar-refractivity contribution in [3.8, 4) is 0 Å².